The highest BCUT2D eigenvalue weighted by atomic mass is 35.5. The molecule has 2 aliphatic heterocycles. The zero-order valence-corrected chi connectivity index (χ0v) is 20.6. The van der Waals surface area contributed by atoms with Gasteiger partial charge in [0.1, 0.15) is 12.1 Å². The number of hydrogen-bond acceptors (Lipinski definition) is 7. The highest BCUT2D eigenvalue weighted by Crippen LogP contribution is 2.42. The SMILES string of the molecule is C[C@@H]1C[C@@H](O)c2ncnc(N3CCN(C(=O)C(CN4CCNC(=O)C4)c4ccc(Cl)cc4)CC3)c21. The summed E-state index contributed by atoms with van der Waals surface area (Å²) in [6.45, 7) is 6.69. The minimum atomic E-state index is -0.540. The fourth-order valence-electron chi connectivity index (χ4n) is 5.44. The summed E-state index contributed by atoms with van der Waals surface area (Å²) in [4.78, 5) is 40.7. The third kappa shape index (κ3) is 4.98. The summed E-state index contributed by atoms with van der Waals surface area (Å²) >= 11 is 6.10. The quantitative estimate of drug-likeness (QED) is 0.644. The van der Waals surface area contributed by atoms with Crippen molar-refractivity contribution in [2.75, 3.05) is 57.3 Å². The van der Waals surface area contributed by atoms with Crippen molar-refractivity contribution in [2.45, 2.75) is 31.3 Å². The van der Waals surface area contributed by atoms with Crippen LogP contribution in [0.1, 0.15) is 48.1 Å². The van der Waals surface area contributed by atoms with E-state index < -0.39 is 6.10 Å². The lowest BCUT2D eigenvalue weighted by molar-refractivity contribution is -0.134. The maximum absolute atomic E-state index is 13.8. The maximum atomic E-state index is 13.8. The Morgan fingerprint density at radius 1 is 1.17 bits per heavy atom. The van der Waals surface area contributed by atoms with E-state index in [0.29, 0.717) is 57.3 Å². The molecule has 2 aromatic rings. The van der Waals surface area contributed by atoms with Crippen LogP contribution < -0.4 is 10.2 Å². The number of benzene rings is 1. The Kier molecular flexibility index (Phi) is 6.91. The minimum absolute atomic E-state index is 0.0103. The van der Waals surface area contributed by atoms with E-state index in [-0.39, 0.29) is 23.7 Å². The first-order valence-corrected chi connectivity index (χ1v) is 12.6. The standard InChI is InChI=1S/C25H31ClN6O3/c1-16-12-20(33)23-22(16)24(29-15-28-23)31-8-10-32(11-9-31)25(35)19(17-2-4-18(26)5-3-17)13-30-7-6-27-21(34)14-30/h2-5,15-16,19-20,33H,6-14H2,1H3,(H,27,34)/t16-,19?,20-/m1/s1. The van der Waals surface area contributed by atoms with E-state index in [1.54, 1.807) is 0 Å². The molecule has 2 fully saturated rings. The van der Waals surface area contributed by atoms with Crippen LogP contribution >= 0.6 is 11.6 Å². The third-order valence-corrected chi connectivity index (χ3v) is 7.55. The Morgan fingerprint density at radius 3 is 2.63 bits per heavy atom. The molecule has 1 aliphatic carbocycles. The molecule has 1 aromatic carbocycles. The summed E-state index contributed by atoms with van der Waals surface area (Å²) in [6.07, 6.45) is 1.65. The number of amides is 2. The molecule has 3 aliphatic rings. The van der Waals surface area contributed by atoms with Gasteiger partial charge in [-0.1, -0.05) is 30.7 Å². The smallest absolute Gasteiger partial charge is 0.234 e. The first kappa shape index (κ1) is 24.0. The van der Waals surface area contributed by atoms with Crippen molar-refractivity contribution in [1.29, 1.82) is 0 Å². The van der Waals surface area contributed by atoms with Crippen molar-refractivity contribution in [3.63, 3.8) is 0 Å². The lowest BCUT2D eigenvalue weighted by Gasteiger charge is -2.39. The van der Waals surface area contributed by atoms with E-state index in [1.807, 2.05) is 34.1 Å². The lowest BCUT2D eigenvalue weighted by Crippen LogP contribution is -2.53. The lowest BCUT2D eigenvalue weighted by atomic mass is 9.96. The number of aliphatic hydroxyl groups is 1. The molecule has 1 unspecified atom stereocenters. The van der Waals surface area contributed by atoms with Gasteiger partial charge in [-0.15, -0.1) is 0 Å². The van der Waals surface area contributed by atoms with Gasteiger partial charge in [0.05, 0.1) is 24.3 Å². The van der Waals surface area contributed by atoms with E-state index in [1.165, 1.54) is 6.33 Å². The van der Waals surface area contributed by atoms with Crippen molar-refractivity contribution in [3.05, 3.63) is 52.4 Å². The Hall–Kier alpha value is -2.75. The van der Waals surface area contributed by atoms with Crippen LogP contribution in [0.3, 0.4) is 0 Å². The molecular weight excluding hydrogens is 468 g/mol. The summed E-state index contributed by atoms with van der Waals surface area (Å²) in [5, 5.41) is 13.8. The number of anilines is 1. The van der Waals surface area contributed by atoms with Gasteiger partial charge in [-0.3, -0.25) is 14.5 Å². The first-order valence-electron chi connectivity index (χ1n) is 12.2. The molecule has 9 nitrogen and oxygen atoms in total. The van der Waals surface area contributed by atoms with Crippen LogP contribution in [-0.4, -0.2) is 89.0 Å². The average Bonchev–Trinajstić information content (AvgIpc) is 3.16. The number of hydrogen-bond donors (Lipinski definition) is 2. The number of rotatable bonds is 5. The van der Waals surface area contributed by atoms with E-state index in [0.717, 1.165) is 29.2 Å². The van der Waals surface area contributed by atoms with Crippen LogP contribution in [0.2, 0.25) is 5.02 Å². The fourth-order valence-corrected chi connectivity index (χ4v) is 5.57. The number of carbonyl (C=O) groups is 2. The van der Waals surface area contributed by atoms with Crippen LogP contribution in [0.4, 0.5) is 5.82 Å². The van der Waals surface area contributed by atoms with Gasteiger partial charge < -0.3 is 20.2 Å². The van der Waals surface area contributed by atoms with Gasteiger partial charge in [-0.2, -0.15) is 0 Å². The van der Waals surface area contributed by atoms with Crippen LogP contribution in [0, 0.1) is 0 Å². The first-order chi connectivity index (χ1) is 16.9. The zero-order chi connectivity index (χ0) is 24.5. The van der Waals surface area contributed by atoms with Crippen molar-refractivity contribution < 1.29 is 14.7 Å². The molecule has 2 amide bonds. The third-order valence-electron chi connectivity index (χ3n) is 7.30. The average molecular weight is 499 g/mol. The van der Waals surface area contributed by atoms with Crippen LogP contribution in [0.25, 0.3) is 0 Å². The Labute approximate surface area is 210 Å². The molecule has 2 saturated heterocycles. The Morgan fingerprint density at radius 2 is 1.91 bits per heavy atom. The van der Waals surface area contributed by atoms with Gasteiger partial charge in [0, 0.05) is 56.4 Å². The Bertz CT molecular complexity index is 1090. The molecular formula is C25H31ClN6O3. The largest absolute Gasteiger partial charge is 0.387 e. The zero-order valence-electron chi connectivity index (χ0n) is 19.9. The summed E-state index contributed by atoms with van der Waals surface area (Å²) in [5.74, 6) is 0.758. The molecule has 0 spiro atoms. The molecule has 186 valence electrons. The molecule has 3 heterocycles. The predicted octanol–water partition coefficient (Wildman–Crippen LogP) is 1.53. The number of nitrogens with zero attached hydrogens (tertiary/aromatic N) is 5. The van der Waals surface area contributed by atoms with Crippen LogP contribution in [0.15, 0.2) is 30.6 Å². The molecule has 0 saturated carbocycles. The van der Waals surface area contributed by atoms with Crippen molar-refractivity contribution >= 4 is 29.2 Å². The topological polar surface area (TPSA) is 102 Å². The number of aliphatic hydroxyl groups excluding tert-OH is 1. The molecule has 10 heteroatoms. The highest BCUT2D eigenvalue weighted by Gasteiger charge is 2.35. The maximum Gasteiger partial charge on any atom is 0.234 e. The summed E-state index contributed by atoms with van der Waals surface area (Å²) in [6, 6.07) is 7.43. The predicted molar refractivity (Wildman–Crippen MR) is 132 cm³/mol. The second-order valence-electron chi connectivity index (χ2n) is 9.65. The molecule has 0 bridgehead atoms. The van der Waals surface area contributed by atoms with Crippen molar-refractivity contribution in [2.24, 2.45) is 0 Å². The molecule has 2 N–H and O–H groups in total. The molecule has 35 heavy (non-hydrogen) atoms. The van der Waals surface area contributed by atoms with Gasteiger partial charge in [0.15, 0.2) is 0 Å². The fraction of sp³-hybridized carbons (Fsp3) is 0.520. The van der Waals surface area contributed by atoms with Gasteiger partial charge in [0.25, 0.3) is 0 Å². The minimum Gasteiger partial charge on any atom is -0.387 e. The van der Waals surface area contributed by atoms with E-state index in [2.05, 4.69) is 27.1 Å². The molecule has 1 aromatic heterocycles. The van der Waals surface area contributed by atoms with E-state index in [4.69, 9.17) is 11.6 Å². The summed E-state index contributed by atoms with van der Waals surface area (Å²) < 4.78 is 0. The molecule has 3 atom stereocenters. The van der Waals surface area contributed by atoms with Crippen LogP contribution in [0.5, 0.6) is 0 Å². The number of fused-ring (bicyclic) bond motifs is 1. The molecule has 5 rings (SSSR count). The van der Waals surface area contributed by atoms with Gasteiger partial charge in [-0.25, -0.2) is 9.97 Å². The second-order valence-corrected chi connectivity index (χ2v) is 10.1. The summed E-state index contributed by atoms with van der Waals surface area (Å²) in [5.41, 5.74) is 2.67. The van der Waals surface area contributed by atoms with E-state index >= 15 is 0 Å². The van der Waals surface area contributed by atoms with Gasteiger partial charge in [-0.05, 0) is 30.0 Å². The second kappa shape index (κ2) is 10.1. The number of halogens is 1. The number of nitrogens with one attached hydrogen (secondary N) is 1. The van der Waals surface area contributed by atoms with Crippen molar-refractivity contribution in [3.8, 4) is 0 Å². The van der Waals surface area contributed by atoms with Crippen LogP contribution in [-0.2, 0) is 9.59 Å². The summed E-state index contributed by atoms with van der Waals surface area (Å²) in [7, 11) is 0. The number of aromatic nitrogens is 2. The van der Waals surface area contributed by atoms with Gasteiger partial charge in [0.2, 0.25) is 11.8 Å². The van der Waals surface area contributed by atoms with Gasteiger partial charge >= 0.3 is 0 Å². The number of piperazine rings is 2. The Balaban J connectivity index is 1.31. The van der Waals surface area contributed by atoms with E-state index in [9.17, 15) is 14.7 Å². The molecule has 0 radical (unpaired) electrons. The van der Waals surface area contributed by atoms with Crippen molar-refractivity contribution in [1.82, 2.24) is 25.1 Å². The number of carbonyl (C=O) groups excluding carboxylic acids is 2. The highest BCUT2D eigenvalue weighted by molar-refractivity contribution is 6.30. The monoisotopic (exact) mass is 498 g/mol. The normalized spacial score (nSPS) is 23.7.